The van der Waals surface area contributed by atoms with Gasteiger partial charge in [0.15, 0.2) is 0 Å². The molecule has 7 nitrogen and oxygen atoms in total. The summed E-state index contributed by atoms with van der Waals surface area (Å²) in [6.45, 7) is 0. The van der Waals surface area contributed by atoms with Gasteiger partial charge >= 0.3 is 5.97 Å². The summed E-state index contributed by atoms with van der Waals surface area (Å²) in [5.74, 6) is -3.18. The van der Waals surface area contributed by atoms with Crippen molar-refractivity contribution in [2.75, 3.05) is 0 Å². The number of carbonyl (C=O) groups excluding carboxylic acids is 2. The number of Topliss-reactive ketones (excluding diaryl/α,β-unsaturated/α-hetero) is 2. The number of hydrogen-bond donors (Lipinski definition) is 2. The summed E-state index contributed by atoms with van der Waals surface area (Å²) in [5.41, 5.74) is 6.57. The molecule has 0 fully saturated rings. The maximum Gasteiger partial charge on any atom is 0.320 e. The van der Waals surface area contributed by atoms with Crippen LogP contribution in [0, 0.1) is 0 Å². The van der Waals surface area contributed by atoms with Crippen molar-refractivity contribution in [3.63, 3.8) is 0 Å². The van der Waals surface area contributed by atoms with Crippen LogP contribution in [0.4, 0.5) is 0 Å². The first-order valence-corrected chi connectivity index (χ1v) is 5.35. The van der Waals surface area contributed by atoms with Crippen molar-refractivity contribution >= 4 is 17.5 Å². The normalized spacial score (nSPS) is 20.4. The van der Waals surface area contributed by atoms with Crippen molar-refractivity contribution in [3.8, 4) is 0 Å². The summed E-state index contributed by atoms with van der Waals surface area (Å²) < 4.78 is 0. The molecule has 0 saturated heterocycles. The van der Waals surface area contributed by atoms with Gasteiger partial charge in [0.1, 0.15) is 6.04 Å². The Hall–Kier alpha value is -2.15. The van der Waals surface area contributed by atoms with Crippen molar-refractivity contribution in [3.05, 3.63) is 23.5 Å². The topological polar surface area (TPSA) is 123 Å². The molecule has 2 rings (SSSR count). The van der Waals surface area contributed by atoms with Crippen LogP contribution in [0.3, 0.4) is 0 Å². The first-order valence-electron chi connectivity index (χ1n) is 5.35. The highest BCUT2D eigenvalue weighted by atomic mass is 16.4. The molecule has 1 heterocycles. The molecule has 0 radical (unpaired) electrons. The predicted molar refractivity (Wildman–Crippen MR) is 58.7 cm³/mol. The minimum Gasteiger partial charge on any atom is -0.480 e. The fraction of sp³-hybridized carbons (Fsp3) is 0.364. The van der Waals surface area contributed by atoms with Gasteiger partial charge in [-0.1, -0.05) is 0 Å². The molecule has 2 unspecified atom stereocenters. The Morgan fingerprint density at radius 1 is 1.44 bits per heavy atom. The molecular formula is C11H11N3O4. The monoisotopic (exact) mass is 249 g/mol. The molecule has 2 atom stereocenters. The van der Waals surface area contributed by atoms with Gasteiger partial charge in [-0.05, 0) is 17.5 Å². The summed E-state index contributed by atoms with van der Waals surface area (Å²) in [6, 6.07) is -1.19. The van der Waals surface area contributed by atoms with Crippen LogP contribution in [0.2, 0.25) is 0 Å². The quantitative estimate of drug-likeness (QED) is 0.662. The van der Waals surface area contributed by atoms with Gasteiger partial charge in [-0.3, -0.25) is 14.4 Å². The predicted octanol–water partition coefficient (Wildman–Crippen LogP) is -0.944. The molecule has 0 aromatic carbocycles. The highest BCUT2D eigenvalue weighted by molar-refractivity contribution is 6.40. The molecule has 18 heavy (non-hydrogen) atoms. The Labute approximate surface area is 102 Å². The van der Waals surface area contributed by atoms with Gasteiger partial charge in [0.05, 0.1) is 18.3 Å². The third-order valence-electron chi connectivity index (χ3n) is 2.97. The van der Waals surface area contributed by atoms with Crippen molar-refractivity contribution in [1.82, 2.24) is 10.2 Å². The van der Waals surface area contributed by atoms with Crippen LogP contribution in [0.15, 0.2) is 12.4 Å². The number of fused-ring (bicyclic) bond motifs is 1. The number of nitrogens with zero attached hydrogens (tertiary/aromatic N) is 2. The van der Waals surface area contributed by atoms with Gasteiger partial charge in [0.25, 0.3) is 0 Å². The molecule has 1 aliphatic carbocycles. The van der Waals surface area contributed by atoms with Crippen molar-refractivity contribution in [2.45, 2.75) is 24.8 Å². The van der Waals surface area contributed by atoms with E-state index in [2.05, 4.69) is 10.2 Å². The third kappa shape index (κ3) is 2.12. The second-order valence-corrected chi connectivity index (χ2v) is 4.17. The smallest absolute Gasteiger partial charge is 0.320 e. The van der Waals surface area contributed by atoms with E-state index < -0.39 is 29.5 Å². The highest BCUT2D eigenvalue weighted by Crippen LogP contribution is 2.29. The number of carboxylic acids is 1. The minimum absolute atomic E-state index is 0.0114. The van der Waals surface area contributed by atoms with Gasteiger partial charge in [-0.25, -0.2) is 0 Å². The standard InChI is InChI=1S/C11H11N3O4/c12-8(11(17)18)2-6-7-4-14-13-3-5(7)1-9(15)10(6)16/h3-4,6,8H,1-2,12H2,(H,17,18). The lowest BCUT2D eigenvalue weighted by Crippen LogP contribution is -2.38. The molecule has 1 aliphatic rings. The summed E-state index contributed by atoms with van der Waals surface area (Å²) in [6.07, 6.45) is 2.68. The molecule has 0 spiro atoms. The number of ketones is 2. The van der Waals surface area contributed by atoms with Crippen molar-refractivity contribution < 1.29 is 19.5 Å². The highest BCUT2D eigenvalue weighted by Gasteiger charge is 2.36. The summed E-state index contributed by atoms with van der Waals surface area (Å²) in [7, 11) is 0. The number of nitrogens with two attached hydrogens (primary N) is 1. The Morgan fingerprint density at radius 2 is 2.11 bits per heavy atom. The molecule has 1 aromatic heterocycles. The fourth-order valence-electron chi connectivity index (χ4n) is 2.00. The number of rotatable bonds is 3. The average Bonchev–Trinajstić information content (AvgIpc) is 2.34. The molecule has 94 valence electrons. The largest absolute Gasteiger partial charge is 0.480 e. The van der Waals surface area contributed by atoms with E-state index in [0.717, 1.165) is 0 Å². The zero-order valence-electron chi connectivity index (χ0n) is 9.37. The lowest BCUT2D eigenvalue weighted by molar-refractivity contribution is -0.140. The Bertz CT molecular complexity index is 529. The Kier molecular flexibility index (Phi) is 3.15. The lowest BCUT2D eigenvalue weighted by atomic mass is 9.79. The van der Waals surface area contributed by atoms with Crippen LogP contribution in [-0.4, -0.2) is 38.9 Å². The molecule has 3 N–H and O–H groups in total. The average molecular weight is 249 g/mol. The summed E-state index contributed by atoms with van der Waals surface area (Å²) >= 11 is 0. The van der Waals surface area contributed by atoms with Gasteiger partial charge in [-0.15, -0.1) is 0 Å². The SMILES string of the molecule is NC(CC1C(=O)C(=O)Cc2cnncc21)C(=O)O. The van der Waals surface area contributed by atoms with E-state index in [9.17, 15) is 14.4 Å². The van der Waals surface area contributed by atoms with E-state index in [1.807, 2.05) is 0 Å². The van der Waals surface area contributed by atoms with E-state index >= 15 is 0 Å². The van der Waals surface area contributed by atoms with Crippen LogP contribution in [0.25, 0.3) is 0 Å². The Morgan fingerprint density at radius 3 is 2.78 bits per heavy atom. The maximum atomic E-state index is 11.8. The third-order valence-corrected chi connectivity index (χ3v) is 2.97. The van der Waals surface area contributed by atoms with E-state index in [0.29, 0.717) is 11.1 Å². The van der Waals surface area contributed by atoms with Gasteiger partial charge < -0.3 is 10.8 Å². The molecular weight excluding hydrogens is 238 g/mol. The first-order chi connectivity index (χ1) is 8.50. The zero-order chi connectivity index (χ0) is 13.3. The maximum absolute atomic E-state index is 11.8. The number of carboxylic acid groups (broad SMARTS) is 1. The van der Waals surface area contributed by atoms with Gasteiger partial charge in [0.2, 0.25) is 11.6 Å². The van der Waals surface area contributed by atoms with E-state index in [-0.39, 0.29) is 12.8 Å². The second-order valence-electron chi connectivity index (χ2n) is 4.17. The van der Waals surface area contributed by atoms with Crippen molar-refractivity contribution in [2.24, 2.45) is 5.73 Å². The van der Waals surface area contributed by atoms with E-state index in [1.54, 1.807) is 0 Å². The number of aromatic nitrogens is 2. The van der Waals surface area contributed by atoms with Crippen LogP contribution in [-0.2, 0) is 20.8 Å². The second kappa shape index (κ2) is 4.61. The zero-order valence-corrected chi connectivity index (χ0v) is 9.37. The molecule has 0 saturated carbocycles. The van der Waals surface area contributed by atoms with Crippen LogP contribution in [0.5, 0.6) is 0 Å². The molecule has 1 aromatic rings. The van der Waals surface area contributed by atoms with Crippen LogP contribution in [0.1, 0.15) is 23.5 Å². The summed E-state index contributed by atoms with van der Waals surface area (Å²) in [4.78, 5) is 34.1. The summed E-state index contributed by atoms with van der Waals surface area (Å²) in [5, 5.41) is 16.1. The molecule has 7 heteroatoms. The number of aliphatic carboxylic acids is 1. The molecule has 0 aliphatic heterocycles. The van der Waals surface area contributed by atoms with Crippen molar-refractivity contribution in [1.29, 1.82) is 0 Å². The molecule has 0 bridgehead atoms. The number of hydrogen-bond acceptors (Lipinski definition) is 6. The molecule has 0 amide bonds. The van der Waals surface area contributed by atoms with Gasteiger partial charge in [-0.2, -0.15) is 10.2 Å². The lowest BCUT2D eigenvalue weighted by Gasteiger charge is -2.23. The van der Waals surface area contributed by atoms with E-state index in [4.69, 9.17) is 10.8 Å². The van der Waals surface area contributed by atoms with Gasteiger partial charge in [0, 0.05) is 6.42 Å². The number of carbonyl (C=O) groups is 3. The first kappa shape index (κ1) is 12.3. The van der Waals surface area contributed by atoms with Crippen LogP contribution >= 0.6 is 0 Å². The Balaban J connectivity index is 2.35. The van der Waals surface area contributed by atoms with Crippen LogP contribution < -0.4 is 5.73 Å². The minimum atomic E-state index is -1.20. The fourth-order valence-corrected chi connectivity index (χ4v) is 2.00. The van der Waals surface area contributed by atoms with E-state index in [1.165, 1.54) is 12.4 Å².